The van der Waals surface area contributed by atoms with E-state index in [2.05, 4.69) is 207 Å². The summed E-state index contributed by atoms with van der Waals surface area (Å²) in [4.78, 5) is 0. The van der Waals surface area contributed by atoms with E-state index in [4.69, 9.17) is 17.0 Å². The Hall–Kier alpha value is -3.78. The van der Waals surface area contributed by atoms with Gasteiger partial charge in [-0.2, -0.15) is 41.6 Å². The Bertz CT molecular complexity index is 2380. The van der Waals surface area contributed by atoms with Gasteiger partial charge in [-0.25, -0.2) is 0 Å². The van der Waals surface area contributed by atoms with E-state index in [0.717, 1.165) is 9.52 Å². The molecule has 2 radical (unpaired) electrons. The van der Waals surface area contributed by atoms with Crippen molar-refractivity contribution in [2.45, 2.75) is 66.2 Å². The third kappa shape index (κ3) is 9.66. The standard InChI is InChI=1S/2C20H21.C12H7Si.2ClH.Zr/c2*1-14-8-5-6-10-17(14)18-11-7-9-15-12-16(13-19(15)18)20(2,3)4;1-3-7-11-9(5-1)10-6-2-4-8-12(10)13-11;;;/h2*5-13H,1-4H3;1-7H;2*1H;/q3*-1;;;+2/p-2. The molecule has 4 heteroatoms. The van der Waals surface area contributed by atoms with Crippen molar-refractivity contribution in [3.63, 3.8) is 0 Å². The maximum absolute atomic E-state index is 4.93. The Labute approximate surface area is 356 Å². The number of rotatable bonds is 2. The van der Waals surface area contributed by atoms with E-state index in [-0.39, 0.29) is 10.8 Å². The molecule has 0 saturated carbocycles. The zero-order valence-corrected chi connectivity index (χ0v) is 38.7. The predicted molar refractivity (Wildman–Crippen MR) is 244 cm³/mol. The van der Waals surface area contributed by atoms with Gasteiger partial charge in [-0.15, -0.1) is 74.6 Å². The van der Waals surface area contributed by atoms with Gasteiger partial charge in [0.15, 0.2) is 0 Å². The van der Waals surface area contributed by atoms with Crippen LogP contribution in [0.1, 0.15) is 63.8 Å². The fourth-order valence-corrected chi connectivity index (χ4v) is 8.59. The molecule has 8 aromatic carbocycles. The second kappa shape index (κ2) is 18.2. The Balaban J connectivity index is 0.000000140. The van der Waals surface area contributed by atoms with E-state index < -0.39 is 20.8 Å². The second-order valence-corrected chi connectivity index (χ2v) is 21.5. The first-order valence-electron chi connectivity index (χ1n) is 19.2. The van der Waals surface area contributed by atoms with Crippen molar-refractivity contribution in [3.8, 4) is 33.4 Å². The molecule has 1 aliphatic heterocycles. The van der Waals surface area contributed by atoms with Crippen LogP contribution in [-0.4, -0.2) is 9.52 Å². The van der Waals surface area contributed by atoms with E-state index in [1.54, 1.807) is 0 Å². The quantitative estimate of drug-likeness (QED) is 0.120. The first-order valence-corrected chi connectivity index (χ1v) is 26.5. The minimum absolute atomic E-state index is 0.196. The maximum atomic E-state index is 4.93. The predicted octanol–water partition coefficient (Wildman–Crippen LogP) is 14.2. The molecule has 9 rings (SSSR count). The first kappa shape index (κ1) is 41.8. The van der Waals surface area contributed by atoms with Crippen molar-refractivity contribution in [3.05, 3.63) is 180 Å². The molecule has 1 aliphatic rings. The van der Waals surface area contributed by atoms with E-state index in [0.29, 0.717) is 0 Å². The van der Waals surface area contributed by atoms with Gasteiger partial charge < -0.3 is 0 Å². The number of halogens is 2. The third-order valence-corrected chi connectivity index (χ3v) is 11.8. The van der Waals surface area contributed by atoms with Gasteiger partial charge in [-0.1, -0.05) is 148 Å². The minimum atomic E-state index is -0.826. The summed E-state index contributed by atoms with van der Waals surface area (Å²) in [6.45, 7) is 18.0. The monoisotopic (exact) mass is 861 g/mol. The first-order chi connectivity index (χ1) is 26.8. The van der Waals surface area contributed by atoms with Crippen molar-refractivity contribution < 1.29 is 20.8 Å². The van der Waals surface area contributed by atoms with Gasteiger partial charge in [-0.05, 0) is 46.9 Å². The molecule has 0 atom stereocenters. The number of hydrogen-bond acceptors (Lipinski definition) is 0. The largest absolute Gasteiger partial charge is 0.184 e. The van der Waals surface area contributed by atoms with Gasteiger partial charge in [0, 0.05) is 0 Å². The van der Waals surface area contributed by atoms with Gasteiger partial charge in [0.25, 0.3) is 0 Å². The van der Waals surface area contributed by atoms with E-state index >= 15 is 0 Å². The Morgan fingerprint density at radius 3 is 1.38 bits per heavy atom. The molecule has 0 aromatic heterocycles. The summed E-state index contributed by atoms with van der Waals surface area (Å²) >= 11 is -0.826. The minimum Gasteiger partial charge on any atom is -0.184 e. The summed E-state index contributed by atoms with van der Waals surface area (Å²) in [5, 5.41) is 8.24. The molecule has 0 N–H and O–H groups in total. The van der Waals surface area contributed by atoms with Crippen LogP contribution in [0.5, 0.6) is 0 Å². The van der Waals surface area contributed by atoms with Crippen molar-refractivity contribution in [2.75, 3.05) is 0 Å². The van der Waals surface area contributed by atoms with Gasteiger partial charge in [0.1, 0.15) is 0 Å². The third-order valence-electron chi connectivity index (χ3n) is 10.4. The summed E-state index contributed by atoms with van der Waals surface area (Å²) in [5.74, 6) is 0. The van der Waals surface area contributed by atoms with E-state index in [1.165, 1.54) is 87.6 Å². The number of benzene rings is 6. The van der Waals surface area contributed by atoms with Gasteiger partial charge in [-0.3, -0.25) is 0 Å². The fourth-order valence-electron chi connectivity index (χ4n) is 7.28. The number of aryl methyl sites for hydroxylation is 2. The molecule has 0 aliphatic carbocycles. The Morgan fingerprint density at radius 2 is 0.911 bits per heavy atom. The average Bonchev–Trinajstić information content (AvgIpc) is 3.92. The Morgan fingerprint density at radius 1 is 0.500 bits per heavy atom. The van der Waals surface area contributed by atoms with Crippen LogP contribution in [0, 0.1) is 19.9 Å². The molecule has 0 saturated heterocycles. The normalized spacial score (nSPS) is 11.7. The molecule has 0 bridgehead atoms. The van der Waals surface area contributed by atoms with Gasteiger partial charge in [0.2, 0.25) is 0 Å². The van der Waals surface area contributed by atoms with E-state index in [1.807, 2.05) is 6.07 Å². The Kier molecular flexibility index (Phi) is 13.6. The summed E-state index contributed by atoms with van der Waals surface area (Å²) in [6.07, 6.45) is 0. The second-order valence-electron chi connectivity index (χ2n) is 16.4. The van der Waals surface area contributed by atoms with Gasteiger partial charge in [0.05, 0.1) is 9.52 Å². The molecule has 0 unspecified atom stereocenters. The molecule has 0 amide bonds. The number of fused-ring (bicyclic) bond motifs is 5. The van der Waals surface area contributed by atoms with Crippen LogP contribution in [-0.2, 0) is 31.7 Å². The topological polar surface area (TPSA) is 0 Å². The van der Waals surface area contributed by atoms with Crippen LogP contribution in [0.4, 0.5) is 0 Å². The molecule has 8 aromatic rings. The summed E-state index contributed by atoms with van der Waals surface area (Å²) < 4.78 is 0. The summed E-state index contributed by atoms with van der Waals surface area (Å²) in [7, 11) is 10.7. The van der Waals surface area contributed by atoms with Crippen molar-refractivity contribution >= 4 is 58.5 Å². The zero-order valence-electron chi connectivity index (χ0n) is 33.7. The molecule has 282 valence electrons. The molecule has 0 nitrogen and oxygen atoms in total. The smallest absolute Gasteiger partial charge is 0.0920 e. The summed E-state index contributed by atoms with van der Waals surface area (Å²) in [5.41, 5.74) is 14.0. The maximum Gasteiger partial charge on any atom is 0.0920 e. The van der Waals surface area contributed by atoms with Crippen LogP contribution >= 0.6 is 17.0 Å². The zero-order chi connectivity index (χ0) is 40.0. The van der Waals surface area contributed by atoms with Crippen LogP contribution < -0.4 is 10.4 Å². The van der Waals surface area contributed by atoms with Gasteiger partial charge >= 0.3 is 37.9 Å². The molecule has 1 heterocycles. The van der Waals surface area contributed by atoms with Crippen molar-refractivity contribution in [2.24, 2.45) is 0 Å². The molecular weight excluding hydrogens is 815 g/mol. The van der Waals surface area contributed by atoms with Crippen molar-refractivity contribution in [1.82, 2.24) is 0 Å². The molecular formula is C52H49Cl2SiZr-3. The molecule has 56 heavy (non-hydrogen) atoms. The van der Waals surface area contributed by atoms with Crippen LogP contribution in [0.15, 0.2) is 152 Å². The fraction of sp³-hybridized carbons (Fsp3) is 0.192. The SMILES string of the molecule is Cc1ccccc1-c1cccc2[cH-]c(C(C)(C)C)cc12.Cc1ccccc1-c1cccc2[cH-]c(C(C)(C)C)cc12.[Cl][Zr][Cl].[c-]1cccc2c1[Si]c1ccccc1-2. The van der Waals surface area contributed by atoms with Crippen LogP contribution in [0.2, 0.25) is 0 Å². The molecule has 0 spiro atoms. The summed E-state index contributed by atoms with van der Waals surface area (Å²) in [6, 6.07) is 58.0. The number of hydrogen-bond donors (Lipinski definition) is 0. The van der Waals surface area contributed by atoms with E-state index in [9.17, 15) is 0 Å². The van der Waals surface area contributed by atoms with Crippen molar-refractivity contribution in [1.29, 1.82) is 0 Å². The molecule has 0 fully saturated rings. The van der Waals surface area contributed by atoms with Crippen LogP contribution in [0.3, 0.4) is 0 Å². The average molecular weight is 864 g/mol. The van der Waals surface area contributed by atoms with Crippen LogP contribution in [0.25, 0.3) is 54.9 Å².